The molecule has 2 aliphatic heterocycles. The number of anilines is 1. The van der Waals surface area contributed by atoms with Crippen molar-refractivity contribution in [3.63, 3.8) is 0 Å². The summed E-state index contributed by atoms with van der Waals surface area (Å²) >= 11 is 0. The summed E-state index contributed by atoms with van der Waals surface area (Å²) < 4.78 is 26.1. The third-order valence-electron chi connectivity index (χ3n) is 5.48. The molecule has 1 saturated heterocycles. The first kappa shape index (κ1) is 17.4. The second-order valence-electron chi connectivity index (χ2n) is 7.18. The maximum absolute atomic E-state index is 14.5. The van der Waals surface area contributed by atoms with E-state index in [0.717, 1.165) is 24.2 Å². The highest BCUT2D eigenvalue weighted by Crippen LogP contribution is 2.40. The molecule has 0 spiro atoms. The molecule has 0 radical (unpaired) electrons. The highest BCUT2D eigenvalue weighted by Gasteiger charge is 2.43. The van der Waals surface area contributed by atoms with Gasteiger partial charge in [-0.15, -0.1) is 0 Å². The lowest BCUT2D eigenvalue weighted by Crippen LogP contribution is -2.32. The molecule has 138 valence electrons. The molecule has 1 aromatic rings. The number of hydrogen-bond acceptors (Lipinski definition) is 4. The van der Waals surface area contributed by atoms with E-state index in [-0.39, 0.29) is 23.5 Å². The van der Waals surface area contributed by atoms with Gasteiger partial charge in [0.25, 0.3) is 11.8 Å². The van der Waals surface area contributed by atoms with E-state index in [9.17, 15) is 14.0 Å². The number of rotatable bonds is 3. The lowest BCUT2D eigenvalue weighted by atomic mass is 9.93. The van der Waals surface area contributed by atoms with Crippen LogP contribution in [-0.2, 0) is 24.8 Å². The fourth-order valence-electron chi connectivity index (χ4n) is 3.95. The number of halogens is 1. The van der Waals surface area contributed by atoms with Crippen molar-refractivity contribution in [3.8, 4) is 0 Å². The summed E-state index contributed by atoms with van der Waals surface area (Å²) in [6.45, 7) is 4.03. The van der Waals surface area contributed by atoms with Crippen LogP contribution in [0.25, 0.3) is 0 Å². The molecule has 0 saturated carbocycles. The van der Waals surface area contributed by atoms with Crippen molar-refractivity contribution in [1.29, 1.82) is 0 Å². The van der Waals surface area contributed by atoms with Crippen LogP contribution >= 0.6 is 0 Å². The molecular weight excluding hydrogens is 337 g/mol. The van der Waals surface area contributed by atoms with Gasteiger partial charge < -0.3 is 9.47 Å². The first-order valence-electron chi connectivity index (χ1n) is 9.17. The number of carbonyl (C=O) groups is 2. The zero-order valence-corrected chi connectivity index (χ0v) is 15.0. The summed E-state index contributed by atoms with van der Waals surface area (Å²) in [6.07, 6.45) is 3.75. The summed E-state index contributed by atoms with van der Waals surface area (Å²) in [4.78, 5) is 26.6. The predicted molar refractivity (Wildman–Crippen MR) is 92.9 cm³/mol. The van der Waals surface area contributed by atoms with Gasteiger partial charge in [0.05, 0.1) is 18.4 Å². The van der Waals surface area contributed by atoms with Gasteiger partial charge in [0.1, 0.15) is 5.82 Å². The van der Waals surface area contributed by atoms with Crippen LogP contribution in [0.1, 0.15) is 51.5 Å². The molecular formula is C20H22FNO4. The topological polar surface area (TPSA) is 55.8 Å². The normalized spacial score (nSPS) is 28.9. The zero-order chi connectivity index (χ0) is 18.5. The van der Waals surface area contributed by atoms with Crippen LogP contribution in [0.4, 0.5) is 10.1 Å². The molecule has 1 fully saturated rings. The van der Waals surface area contributed by atoms with Crippen LogP contribution in [0.2, 0.25) is 0 Å². The first-order valence-corrected chi connectivity index (χ1v) is 9.17. The summed E-state index contributed by atoms with van der Waals surface area (Å²) in [5, 5.41) is 0. The summed E-state index contributed by atoms with van der Waals surface area (Å²) in [6, 6.07) is 4.23. The van der Waals surface area contributed by atoms with Crippen LogP contribution < -0.4 is 4.90 Å². The van der Waals surface area contributed by atoms with Crippen LogP contribution in [0.5, 0.6) is 0 Å². The van der Waals surface area contributed by atoms with E-state index in [0.29, 0.717) is 36.3 Å². The van der Waals surface area contributed by atoms with E-state index in [1.165, 1.54) is 18.2 Å². The Labute approximate surface area is 151 Å². The maximum atomic E-state index is 14.5. The van der Waals surface area contributed by atoms with Crippen molar-refractivity contribution in [2.45, 2.75) is 57.8 Å². The highest BCUT2D eigenvalue weighted by atomic mass is 19.1. The number of ether oxygens (including phenoxy) is 2. The minimum atomic E-state index is -1.22. The van der Waals surface area contributed by atoms with Crippen molar-refractivity contribution < 1.29 is 23.5 Å². The quantitative estimate of drug-likeness (QED) is 0.774. The van der Waals surface area contributed by atoms with Gasteiger partial charge in [-0.2, -0.15) is 0 Å². The molecule has 0 bridgehead atoms. The number of benzene rings is 1. The lowest BCUT2D eigenvalue weighted by Gasteiger charge is -2.26. The van der Waals surface area contributed by atoms with E-state index in [4.69, 9.17) is 9.47 Å². The minimum Gasteiger partial charge on any atom is -0.343 e. The van der Waals surface area contributed by atoms with Gasteiger partial charge in [-0.05, 0) is 57.2 Å². The zero-order valence-electron chi connectivity index (χ0n) is 15.0. The molecule has 6 heteroatoms. The Bertz CT molecular complexity index is 790. The third-order valence-corrected chi connectivity index (χ3v) is 5.48. The Morgan fingerprint density at radius 2 is 1.85 bits per heavy atom. The summed E-state index contributed by atoms with van der Waals surface area (Å²) in [5.41, 5.74) is 1.78. The van der Waals surface area contributed by atoms with Gasteiger partial charge >= 0.3 is 0 Å². The molecule has 0 aromatic heterocycles. The molecule has 1 aliphatic carbocycles. The van der Waals surface area contributed by atoms with Gasteiger partial charge in [0.15, 0.2) is 5.79 Å². The highest BCUT2D eigenvalue weighted by molar-refractivity contribution is 6.33. The van der Waals surface area contributed by atoms with E-state index in [1.54, 1.807) is 6.92 Å². The summed E-state index contributed by atoms with van der Waals surface area (Å²) in [7, 11) is 0. The third kappa shape index (κ3) is 2.59. The average molecular weight is 359 g/mol. The van der Waals surface area contributed by atoms with E-state index in [1.807, 2.05) is 6.92 Å². The van der Waals surface area contributed by atoms with Crippen molar-refractivity contribution in [1.82, 2.24) is 0 Å². The van der Waals surface area contributed by atoms with Crippen molar-refractivity contribution in [2.24, 2.45) is 0 Å². The van der Waals surface area contributed by atoms with Gasteiger partial charge in [-0.25, -0.2) is 9.29 Å². The molecule has 2 heterocycles. The van der Waals surface area contributed by atoms with Crippen LogP contribution in [0.15, 0.2) is 29.3 Å². The van der Waals surface area contributed by atoms with E-state index >= 15 is 0 Å². The largest absolute Gasteiger partial charge is 0.343 e. The molecule has 0 N–H and O–H groups in total. The fraction of sp³-hybridized carbons (Fsp3) is 0.500. The number of carbonyl (C=O) groups excluding carboxylic acids is 2. The van der Waals surface area contributed by atoms with Crippen LogP contribution in [0.3, 0.4) is 0 Å². The van der Waals surface area contributed by atoms with Crippen molar-refractivity contribution >= 4 is 17.5 Å². The average Bonchev–Trinajstić information content (AvgIpc) is 3.15. The molecule has 26 heavy (non-hydrogen) atoms. The number of imide groups is 1. The Morgan fingerprint density at radius 3 is 2.42 bits per heavy atom. The molecule has 3 aliphatic rings. The Morgan fingerprint density at radius 1 is 1.19 bits per heavy atom. The first-order chi connectivity index (χ1) is 12.4. The molecule has 4 rings (SSSR count). The number of hydrogen-bond donors (Lipinski definition) is 0. The van der Waals surface area contributed by atoms with Gasteiger partial charge in [0.2, 0.25) is 0 Å². The second kappa shape index (κ2) is 6.28. The van der Waals surface area contributed by atoms with Gasteiger partial charge in [-0.3, -0.25) is 9.59 Å². The predicted octanol–water partition coefficient (Wildman–Crippen LogP) is 3.57. The maximum Gasteiger partial charge on any atom is 0.261 e. The molecule has 1 aromatic carbocycles. The fourth-order valence-corrected chi connectivity index (χ4v) is 3.95. The summed E-state index contributed by atoms with van der Waals surface area (Å²) in [5.74, 6) is -2.27. The van der Waals surface area contributed by atoms with Crippen LogP contribution in [0, 0.1) is 5.82 Å². The lowest BCUT2D eigenvalue weighted by molar-refractivity contribution is -0.163. The second-order valence-corrected chi connectivity index (χ2v) is 7.18. The number of amides is 2. The standard InChI is InChI=1S/C20H22FNO4/c1-3-13-11-25-20(2,26-13)16-10-12(8-9-17(16)21)22-18(23)14-6-4-5-7-15(14)19(22)24/h8-10,13H,3-7,11H2,1-2H3. The van der Waals surface area contributed by atoms with E-state index < -0.39 is 11.6 Å². The monoisotopic (exact) mass is 359 g/mol. The molecule has 5 nitrogen and oxygen atoms in total. The van der Waals surface area contributed by atoms with Gasteiger partial charge in [0, 0.05) is 16.7 Å². The minimum absolute atomic E-state index is 0.105. The Kier molecular flexibility index (Phi) is 4.20. The number of nitrogens with zero attached hydrogens (tertiary/aromatic N) is 1. The van der Waals surface area contributed by atoms with Crippen molar-refractivity contribution in [2.75, 3.05) is 11.5 Å². The molecule has 2 unspecified atom stereocenters. The van der Waals surface area contributed by atoms with Gasteiger partial charge in [-0.1, -0.05) is 6.92 Å². The van der Waals surface area contributed by atoms with Crippen molar-refractivity contribution in [3.05, 3.63) is 40.7 Å². The Hall–Kier alpha value is -2.05. The SMILES string of the molecule is CCC1COC(C)(c2cc(N3C(=O)C4=C(CCCC4)C3=O)ccc2F)O1. The molecule has 2 amide bonds. The Balaban J connectivity index is 1.69. The molecule has 2 atom stereocenters. The van der Waals surface area contributed by atoms with Crippen LogP contribution in [-0.4, -0.2) is 24.5 Å². The smallest absolute Gasteiger partial charge is 0.261 e. The van der Waals surface area contributed by atoms with E-state index in [2.05, 4.69) is 0 Å².